The minimum Gasteiger partial charge on any atom is -0.387 e. The summed E-state index contributed by atoms with van der Waals surface area (Å²) in [4.78, 5) is 0. The lowest BCUT2D eigenvalue weighted by Gasteiger charge is -2.51. The van der Waals surface area contributed by atoms with Crippen LogP contribution in [0, 0.1) is 0 Å². The van der Waals surface area contributed by atoms with Gasteiger partial charge in [-0.05, 0) is 29.2 Å². The van der Waals surface area contributed by atoms with Crippen molar-refractivity contribution in [3.8, 4) is 0 Å². The summed E-state index contributed by atoms with van der Waals surface area (Å²) >= 11 is 0. The molecule has 11 nitrogen and oxygen atoms in total. The van der Waals surface area contributed by atoms with Crippen LogP contribution in [0.15, 0.2) is 121 Å². The molecule has 2 saturated heterocycles. The maximum absolute atomic E-state index is 10.9. The zero-order valence-electron chi connectivity index (χ0n) is 30.1. The maximum atomic E-state index is 10.9. The summed E-state index contributed by atoms with van der Waals surface area (Å²) in [6, 6.07) is 39.3. The van der Waals surface area contributed by atoms with Crippen LogP contribution in [0.25, 0.3) is 0 Å². The zero-order chi connectivity index (χ0) is 37.0. The number of hydrogen-bond donors (Lipinski definition) is 3. The number of benzene rings is 4. The lowest BCUT2D eigenvalue weighted by molar-refractivity contribution is -0.386. The molecule has 6 rings (SSSR count). The monoisotopic (exact) mass is 730 g/mol. The highest BCUT2D eigenvalue weighted by molar-refractivity contribution is 5.17. The SMILES string of the molecule is CO[C@H]1O[C@H](CO[C@@]2(C)O[C@H](COCc3ccccc3)[C@@H](OCc3ccccc3)[C@H](OCc3ccccc3)[C@H]2OCc2ccccc2)[C@@H](O)[C@H](O)[C@H]1O. The van der Waals surface area contributed by atoms with Crippen molar-refractivity contribution in [2.24, 2.45) is 0 Å². The van der Waals surface area contributed by atoms with Gasteiger partial charge in [0, 0.05) is 7.11 Å². The van der Waals surface area contributed by atoms with E-state index in [4.69, 9.17) is 37.9 Å². The van der Waals surface area contributed by atoms with Gasteiger partial charge in [-0.3, -0.25) is 0 Å². The Hall–Kier alpha value is -3.56. The van der Waals surface area contributed by atoms with Crippen LogP contribution in [0.1, 0.15) is 29.2 Å². The molecular formula is C42H50O11. The molecule has 0 bridgehead atoms. The normalized spacial score (nSPS) is 30.2. The highest BCUT2D eigenvalue weighted by Gasteiger charge is 2.56. The molecule has 2 aliphatic rings. The second-order valence-corrected chi connectivity index (χ2v) is 13.5. The summed E-state index contributed by atoms with van der Waals surface area (Å²) in [6.45, 7) is 2.72. The second-order valence-electron chi connectivity index (χ2n) is 13.5. The molecule has 10 atom stereocenters. The van der Waals surface area contributed by atoms with Gasteiger partial charge in [0.15, 0.2) is 12.1 Å². The molecule has 2 fully saturated rings. The third-order valence-corrected chi connectivity index (χ3v) is 9.56. The van der Waals surface area contributed by atoms with E-state index in [-0.39, 0.29) is 33.0 Å². The molecule has 0 aliphatic carbocycles. The van der Waals surface area contributed by atoms with Gasteiger partial charge in [0.25, 0.3) is 0 Å². The molecule has 284 valence electrons. The van der Waals surface area contributed by atoms with E-state index in [1.54, 1.807) is 6.92 Å². The third-order valence-electron chi connectivity index (χ3n) is 9.56. The summed E-state index contributed by atoms with van der Waals surface area (Å²) < 4.78 is 51.0. The molecule has 0 radical (unpaired) electrons. The van der Waals surface area contributed by atoms with Crippen LogP contribution in [0.5, 0.6) is 0 Å². The second kappa shape index (κ2) is 19.2. The number of aliphatic hydroxyl groups excluding tert-OH is 3. The average Bonchev–Trinajstić information content (AvgIpc) is 3.19. The fourth-order valence-electron chi connectivity index (χ4n) is 6.65. The smallest absolute Gasteiger partial charge is 0.195 e. The first-order chi connectivity index (χ1) is 25.8. The Morgan fingerprint density at radius 2 is 1.02 bits per heavy atom. The van der Waals surface area contributed by atoms with Gasteiger partial charge in [0.2, 0.25) is 0 Å². The van der Waals surface area contributed by atoms with Crippen molar-refractivity contribution in [1.82, 2.24) is 0 Å². The zero-order valence-corrected chi connectivity index (χ0v) is 30.1. The average molecular weight is 731 g/mol. The summed E-state index contributed by atoms with van der Waals surface area (Å²) in [5, 5.41) is 31.9. The van der Waals surface area contributed by atoms with Crippen molar-refractivity contribution < 1.29 is 53.2 Å². The number of ether oxygens (including phenoxy) is 8. The fourth-order valence-corrected chi connectivity index (χ4v) is 6.65. The molecule has 0 amide bonds. The van der Waals surface area contributed by atoms with Crippen LogP contribution in [-0.4, -0.2) is 96.6 Å². The van der Waals surface area contributed by atoms with E-state index in [0.717, 1.165) is 22.3 Å². The first-order valence-corrected chi connectivity index (χ1v) is 18.0. The molecule has 0 saturated carbocycles. The van der Waals surface area contributed by atoms with Crippen LogP contribution in [0.4, 0.5) is 0 Å². The Morgan fingerprint density at radius 3 is 1.53 bits per heavy atom. The van der Waals surface area contributed by atoms with Crippen molar-refractivity contribution in [1.29, 1.82) is 0 Å². The maximum Gasteiger partial charge on any atom is 0.195 e. The molecule has 53 heavy (non-hydrogen) atoms. The molecule has 0 unspecified atom stereocenters. The van der Waals surface area contributed by atoms with E-state index in [1.165, 1.54) is 7.11 Å². The quantitative estimate of drug-likeness (QED) is 0.141. The Labute approximate surface area is 310 Å². The van der Waals surface area contributed by atoms with E-state index in [0.29, 0.717) is 6.61 Å². The minimum absolute atomic E-state index is 0.128. The predicted molar refractivity (Wildman–Crippen MR) is 194 cm³/mol. The van der Waals surface area contributed by atoms with Crippen LogP contribution in [0.3, 0.4) is 0 Å². The Balaban J connectivity index is 1.33. The molecule has 3 N–H and O–H groups in total. The van der Waals surface area contributed by atoms with E-state index in [2.05, 4.69) is 0 Å². The van der Waals surface area contributed by atoms with Gasteiger partial charge in [-0.1, -0.05) is 121 Å². The Bertz CT molecular complexity index is 1610. The predicted octanol–water partition coefficient (Wildman–Crippen LogP) is 4.55. The first-order valence-electron chi connectivity index (χ1n) is 18.0. The third kappa shape index (κ3) is 10.4. The van der Waals surface area contributed by atoms with Crippen LogP contribution >= 0.6 is 0 Å². The fraction of sp³-hybridized carbons (Fsp3) is 0.429. The number of methoxy groups -OCH3 is 1. The van der Waals surface area contributed by atoms with E-state index in [1.807, 2.05) is 121 Å². The molecule has 4 aromatic rings. The Kier molecular flexibility index (Phi) is 14.1. The van der Waals surface area contributed by atoms with Crippen molar-refractivity contribution in [3.05, 3.63) is 144 Å². The Morgan fingerprint density at radius 1 is 0.547 bits per heavy atom. The highest BCUT2D eigenvalue weighted by Crippen LogP contribution is 2.38. The highest BCUT2D eigenvalue weighted by atomic mass is 16.8. The van der Waals surface area contributed by atoms with Crippen molar-refractivity contribution >= 4 is 0 Å². The van der Waals surface area contributed by atoms with Crippen molar-refractivity contribution in [2.45, 2.75) is 94.3 Å². The summed E-state index contributed by atoms with van der Waals surface area (Å²) in [5.41, 5.74) is 3.86. The number of rotatable bonds is 17. The van der Waals surface area contributed by atoms with E-state index in [9.17, 15) is 15.3 Å². The number of aliphatic hydroxyl groups is 3. The van der Waals surface area contributed by atoms with Crippen LogP contribution < -0.4 is 0 Å². The largest absolute Gasteiger partial charge is 0.387 e. The summed E-state index contributed by atoms with van der Waals surface area (Å²) in [6.07, 6.45) is -9.70. The molecule has 2 heterocycles. The molecule has 0 aromatic heterocycles. The summed E-state index contributed by atoms with van der Waals surface area (Å²) in [5.74, 6) is -1.52. The molecule has 2 aliphatic heterocycles. The molecule has 0 spiro atoms. The van der Waals surface area contributed by atoms with E-state index < -0.39 is 60.9 Å². The first kappa shape index (κ1) is 39.1. The number of hydrogen-bond acceptors (Lipinski definition) is 11. The van der Waals surface area contributed by atoms with Crippen LogP contribution in [0.2, 0.25) is 0 Å². The lowest BCUT2D eigenvalue weighted by Crippen LogP contribution is -2.67. The lowest BCUT2D eigenvalue weighted by atomic mass is 9.92. The molecule has 4 aromatic carbocycles. The van der Waals surface area contributed by atoms with Gasteiger partial charge in [-0.25, -0.2) is 0 Å². The van der Waals surface area contributed by atoms with Gasteiger partial charge in [0.1, 0.15) is 48.8 Å². The molecule has 11 heteroatoms. The van der Waals surface area contributed by atoms with Crippen molar-refractivity contribution in [2.75, 3.05) is 20.3 Å². The van der Waals surface area contributed by atoms with Crippen LogP contribution in [-0.2, 0) is 64.3 Å². The minimum atomic E-state index is -1.52. The van der Waals surface area contributed by atoms with Gasteiger partial charge >= 0.3 is 0 Å². The van der Waals surface area contributed by atoms with Crippen molar-refractivity contribution in [3.63, 3.8) is 0 Å². The van der Waals surface area contributed by atoms with Gasteiger partial charge in [-0.15, -0.1) is 0 Å². The van der Waals surface area contributed by atoms with E-state index >= 15 is 0 Å². The van der Waals surface area contributed by atoms with Gasteiger partial charge in [-0.2, -0.15) is 0 Å². The standard InChI is InChI=1S/C42H50O11/c1-42(51-28-33-35(43)36(44)37(45)41(46-2)52-33)40(50-26-32-21-13-6-14-22-32)39(49-25-31-19-11-5-12-20-31)38(48-24-30-17-9-4-10-18-30)34(53-42)27-47-23-29-15-7-3-8-16-29/h3-22,33-41,43-45H,23-28H2,1-2H3/t33-,34-,35-,36+,37-,38-,39+,40-,41+,42+/m1/s1. The topological polar surface area (TPSA) is 135 Å². The molecular weight excluding hydrogens is 680 g/mol. The summed E-state index contributed by atoms with van der Waals surface area (Å²) in [7, 11) is 1.35. The van der Waals surface area contributed by atoms with Gasteiger partial charge < -0.3 is 53.2 Å². The van der Waals surface area contributed by atoms with Gasteiger partial charge in [0.05, 0.1) is 39.6 Å².